The number of carbonyl (C=O) groups excluding carboxylic acids is 1. The molecule has 0 aliphatic heterocycles. The maximum atomic E-state index is 13.2. The van der Waals surface area contributed by atoms with E-state index in [1.165, 1.54) is 12.1 Å². The smallest absolute Gasteiger partial charge is 0.328 e. The van der Waals surface area contributed by atoms with Crippen molar-refractivity contribution in [3.63, 3.8) is 0 Å². The number of amides is 1. The second-order valence-electron chi connectivity index (χ2n) is 8.43. The van der Waals surface area contributed by atoms with Crippen molar-refractivity contribution in [2.24, 2.45) is 0 Å². The Bertz CT molecular complexity index is 1310. The summed E-state index contributed by atoms with van der Waals surface area (Å²) < 4.78 is 30.1. The van der Waals surface area contributed by atoms with Crippen LogP contribution in [0.25, 0.3) is 0 Å². The minimum absolute atomic E-state index is 0.124. The zero-order valence-electron chi connectivity index (χ0n) is 21.9. The van der Waals surface area contributed by atoms with Gasteiger partial charge >= 0.3 is 6.01 Å². The third-order valence-corrected chi connectivity index (χ3v) is 5.40. The van der Waals surface area contributed by atoms with E-state index in [2.05, 4.69) is 30.9 Å². The molecule has 0 atom stereocenters. The lowest BCUT2D eigenvalue weighted by Gasteiger charge is -2.11. The highest BCUT2D eigenvalue weighted by Gasteiger charge is 2.09. The Hall–Kier alpha value is -4.61. The van der Waals surface area contributed by atoms with Crippen molar-refractivity contribution >= 4 is 17.8 Å². The number of nitrogens with zero attached hydrogens (tertiary/aromatic N) is 3. The topological polar surface area (TPSA) is 120 Å². The van der Waals surface area contributed by atoms with Gasteiger partial charge in [0.05, 0.1) is 26.4 Å². The van der Waals surface area contributed by atoms with Crippen LogP contribution in [-0.4, -0.2) is 60.4 Å². The van der Waals surface area contributed by atoms with Gasteiger partial charge in [-0.1, -0.05) is 48.5 Å². The van der Waals surface area contributed by atoms with Crippen LogP contribution in [-0.2, 0) is 16.0 Å². The molecule has 0 spiro atoms. The highest BCUT2D eigenvalue weighted by Crippen LogP contribution is 2.19. The maximum Gasteiger partial charge on any atom is 0.328 e. The fourth-order valence-electron chi connectivity index (χ4n) is 3.42. The molecule has 208 valence electrons. The van der Waals surface area contributed by atoms with Gasteiger partial charge in [0.1, 0.15) is 11.6 Å². The molecule has 3 aromatic carbocycles. The average molecular weight is 547 g/mol. The zero-order chi connectivity index (χ0) is 27.8. The van der Waals surface area contributed by atoms with Gasteiger partial charge in [-0.15, -0.1) is 0 Å². The molecule has 40 heavy (non-hydrogen) atoms. The minimum Gasteiger partial charge on any atom is -0.424 e. The number of hydrogen-bond donors (Lipinski definition) is 3. The summed E-state index contributed by atoms with van der Waals surface area (Å²) in [7, 11) is 0. The molecule has 4 rings (SSSR count). The molecule has 0 saturated heterocycles. The number of hydrogen-bond acceptors (Lipinski definition) is 9. The first-order valence-electron chi connectivity index (χ1n) is 12.9. The van der Waals surface area contributed by atoms with Crippen molar-refractivity contribution in [3.8, 4) is 11.8 Å². The number of ether oxygens (including phenoxy) is 3. The minimum atomic E-state index is -0.296. The number of benzene rings is 3. The highest BCUT2D eigenvalue weighted by atomic mass is 19.1. The molecule has 0 fully saturated rings. The van der Waals surface area contributed by atoms with Gasteiger partial charge in [0.15, 0.2) is 0 Å². The molecule has 0 unspecified atom stereocenters. The van der Waals surface area contributed by atoms with Gasteiger partial charge in [0, 0.05) is 25.2 Å². The third-order valence-electron chi connectivity index (χ3n) is 5.40. The van der Waals surface area contributed by atoms with Gasteiger partial charge in [0.2, 0.25) is 11.9 Å². The Kier molecular flexibility index (Phi) is 11.2. The van der Waals surface area contributed by atoms with E-state index >= 15 is 0 Å². The largest absolute Gasteiger partial charge is 0.424 e. The van der Waals surface area contributed by atoms with Gasteiger partial charge in [-0.3, -0.25) is 4.79 Å². The molecule has 0 aliphatic carbocycles. The molecule has 1 aromatic heterocycles. The molecule has 1 heterocycles. The van der Waals surface area contributed by atoms with Crippen LogP contribution in [0.4, 0.5) is 16.3 Å². The molecule has 3 N–H and O–H groups in total. The van der Waals surface area contributed by atoms with Gasteiger partial charge in [-0.2, -0.15) is 15.0 Å². The fourth-order valence-corrected chi connectivity index (χ4v) is 3.42. The van der Waals surface area contributed by atoms with Crippen molar-refractivity contribution < 1.29 is 23.4 Å². The average Bonchev–Trinajstić information content (AvgIpc) is 2.98. The van der Waals surface area contributed by atoms with Crippen LogP contribution in [0.1, 0.15) is 15.9 Å². The fraction of sp³-hybridized carbons (Fsp3) is 0.241. The van der Waals surface area contributed by atoms with Crippen LogP contribution in [0, 0.1) is 5.82 Å². The van der Waals surface area contributed by atoms with Crippen molar-refractivity contribution in [1.82, 2.24) is 20.3 Å². The Morgan fingerprint density at radius 1 is 0.700 bits per heavy atom. The molecule has 0 aliphatic rings. The first kappa shape index (κ1) is 28.4. The van der Waals surface area contributed by atoms with E-state index in [1.807, 2.05) is 36.4 Å². The van der Waals surface area contributed by atoms with Crippen LogP contribution in [0.2, 0.25) is 0 Å². The summed E-state index contributed by atoms with van der Waals surface area (Å²) in [6.45, 7) is 2.85. The van der Waals surface area contributed by atoms with E-state index in [0.717, 1.165) is 5.56 Å². The van der Waals surface area contributed by atoms with Gasteiger partial charge in [-0.25, -0.2) is 4.39 Å². The monoisotopic (exact) mass is 546 g/mol. The summed E-state index contributed by atoms with van der Waals surface area (Å²) >= 11 is 0. The van der Waals surface area contributed by atoms with Crippen molar-refractivity contribution in [1.29, 1.82) is 0 Å². The molecular weight excluding hydrogens is 515 g/mol. The van der Waals surface area contributed by atoms with E-state index in [-0.39, 0.29) is 17.7 Å². The Balaban J connectivity index is 1.18. The first-order chi connectivity index (χ1) is 19.7. The number of aromatic nitrogens is 3. The zero-order valence-corrected chi connectivity index (χ0v) is 21.9. The summed E-state index contributed by atoms with van der Waals surface area (Å²) in [5, 5.41) is 9.04. The summed E-state index contributed by atoms with van der Waals surface area (Å²) in [6, 6.07) is 24.5. The van der Waals surface area contributed by atoms with Crippen LogP contribution < -0.4 is 20.7 Å². The molecule has 0 saturated carbocycles. The lowest BCUT2D eigenvalue weighted by atomic mass is 10.2. The Morgan fingerprint density at radius 3 is 2.02 bits per heavy atom. The number of halogens is 1. The number of para-hydroxylation sites is 1. The lowest BCUT2D eigenvalue weighted by molar-refractivity contribution is 0.0519. The van der Waals surface area contributed by atoms with Gasteiger partial charge < -0.3 is 30.2 Å². The van der Waals surface area contributed by atoms with E-state index in [9.17, 15) is 9.18 Å². The number of carbonyl (C=O) groups is 1. The molecule has 1 amide bonds. The van der Waals surface area contributed by atoms with E-state index in [1.54, 1.807) is 36.4 Å². The predicted molar refractivity (Wildman–Crippen MR) is 149 cm³/mol. The number of nitrogens with one attached hydrogen (secondary N) is 3. The summed E-state index contributed by atoms with van der Waals surface area (Å²) in [5.74, 6) is 0.788. The number of anilines is 2. The molecule has 0 radical (unpaired) electrons. The Labute approximate surface area is 231 Å². The van der Waals surface area contributed by atoms with E-state index < -0.39 is 0 Å². The van der Waals surface area contributed by atoms with Crippen LogP contribution in [0.5, 0.6) is 11.8 Å². The summed E-state index contributed by atoms with van der Waals surface area (Å²) in [4.78, 5) is 25.1. The molecular formula is C29H31FN6O4. The standard InChI is InChI=1S/C29H31FN6O4/c30-24-13-11-22(12-14-24)21-33-28-34-27(35-29(36-28)40-25-9-5-2-6-10-25)32-16-18-39-20-19-38-17-15-31-26(37)23-7-3-1-4-8-23/h1-14H,15-21H2,(H,31,37)(H2,32,33,34,35,36). The second kappa shape index (κ2) is 15.7. The molecule has 11 heteroatoms. The lowest BCUT2D eigenvalue weighted by Crippen LogP contribution is -2.27. The van der Waals surface area contributed by atoms with Crippen LogP contribution in [0.3, 0.4) is 0 Å². The summed E-state index contributed by atoms with van der Waals surface area (Å²) in [5.41, 5.74) is 1.49. The van der Waals surface area contributed by atoms with E-state index in [0.29, 0.717) is 69.3 Å². The van der Waals surface area contributed by atoms with Gasteiger partial charge in [0.25, 0.3) is 5.91 Å². The van der Waals surface area contributed by atoms with E-state index in [4.69, 9.17) is 14.2 Å². The first-order valence-corrected chi connectivity index (χ1v) is 12.9. The van der Waals surface area contributed by atoms with Crippen LogP contribution in [0.15, 0.2) is 84.9 Å². The third kappa shape index (κ3) is 9.93. The maximum absolute atomic E-state index is 13.2. The quantitative estimate of drug-likeness (QED) is 0.177. The molecule has 4 aromatic rings. The van der Waals surface area contributed by atoms with Crippen LogP contribution >= 0.6 is 0 Å². The Morgan fingerprint density at radius 2 is 1.32 bits per heavy atom. The van der Waals surface area contributed by atoms with Gasteiger partial charge in [-0.05, 0) is 42.0 Å². The normalized spacial score (nSPS) is 10.6. The number of rotatable bonds is 16. The molecule has 10 nitrogen and oxygen atoms in total. The SMILES string of the molecule is O=C(NCCOCCOCCNc1nc(NCc2ccc(F)cc2)nc(Oc2ccccc2)n1)c1ccccc1. The van der Waals surface area contributed by atoms with Crippen molar-refractivity contribution in [3.05, 3.63) is 102 Å². The summed E-state index contributed by atoms with van der Waals surface area (Å²) in [6.07, 6.45) is 0. The second-order valence-corrected chi connectivity index (χ2v) is 8.43. The predicted octanol–water partition coefficient (Wildman–Crippen LogP) is 4.29. The van der Waals surface area contributed by atoms with Crippen molar-refractivity contribution in [2.75, 3.05) is 50.2 Å². The highest BCUT2D eigenvalue weighted by molar-refractivity contribution is 5.94. The van der Waals surface area contributed by atoms with Crippen molar-refractivity contribution in [2.45, 2.75) is 6.54 Å². The molecule has 0 bridgehead atoms.